The van der Waals surface area contributed by atoms with Crippen molar-refractivity contribution in [1.82, 2.24) is 0 Å². The van der Waals surface area contributed by atoms with Gasteiger partial charge in [0.15, 0.2) is 5.76 Å². The van der Waals surface area contributed by atoms with Crippen molar-refractivity contribution in [2.45, 2.75) is 0 Å². The van der Waals surface area contributed by atoms with Crippen molar-refractivity contribution in [2.24, 2.45) is 5.73 Å². The van der Waals surface area contributed by atoms with Crippen LogP contribution in [0.2, 0.25) is 0 Å². The minimum Gasteiger partial charge on any atom is -0.497 e. The summed E-state index contributed by atoms with van der Waals surface area (Å²) in [5.41, 5.74) is 11.9. The maximum absolute atomic E-state index is 10.7. The van der Waals surface area contributed by atoms with E-state index in [2.05, 4.69) is 0 Å². The number of hydrogen-bond acceptors (Lipinski definition) is 4. The maximum atomic E-state index is 10.7. The first-order valence-electron chi connectivity index (χ1n) is 6.28. The van der Waals surface area contributed by atoms with Crippen molar-refractivity contribution in [3.05, 3.63) is 60.4 Å². The lowest BCUT2D eigenvalue weighted by atomic mass is 10.2. The Morgan fingerprint density at radius 3 is 2.33 bits per heavy atom. The van der Waals surface area contributed by atoms with Gasteiger partial charge in [-0.3, -0.25) is 4.79 Å². The van der Waals surface area contributed by atoms with E-state index in [1.165, 1.54) is 0 Å². The van der Waals surface area contributed by atoms with Crippen LogP contribution in [0.1, 0.15) is 10.6 Å². The summed E-state index contributed by atoms with van der Waals surface area (Å²) in [5, 5.41) is 0.895. The molecule has 108 valence electrons. The van der Waals surface area contributed by atoms with Crippen molar-refractivity contribution in [3.8, 4) is 5.75 Å². The molecule has 0 aliphatic carbocycles. The number of fused-ring (bicyclic) bond motifs is 1. The third kappa shape index (κ3) is 3.76. The molecule has 3 aromatic rings. The molecule has 0 aliphatic heterocycles. The zero-order valence-corrected chi connectivity index (χ0v) is 11.6. The predicted molar refractivity (Wildman–Crippen MR) is 82.1 cm³/mol. The van der Waals surface area contributed by atoms with E-state index >= 15 is 0 Å². The van der Waals surface area contributed by atoms with E-state index in [1.54, 1.807) is 31.4 Å². The quantitative estimate of drug-likeness (QED) is 0.708. The molecule has 0 bridgehead atoms. The van der Waals surface area contributed by atoms with Gasteiger partial charge >= 0.3 is 0 Å². The first-order valence-corrected chi connectivity index (χ1v) is 6.28. The summed E-state index contributed by atoms with van der Waals surface area (Å²) in [7, 11) is 1.63. The number of primary amides is 1. The Bertz CT molecular complexity index is 700. The molecule has 5 nitrogen and oxygen atoms in total. The number of rotatable bonds is 2. The molecule has 1 aromatic heterocycles. The van der Waals surface area contributed by atoms with Crippen LogP contribution in [0.3, 0.4) is 0 Å². The molecule has 5 heteroatoms. The van der Waals surface area contributed by atoms with E-state index in [4.69, 9.17) is 20.6 Å². The van der Waals surface area contributed by atoms with Crippen LogP contribution >= 0.6 is 0 Å². The second-order valence-electron chi connectivity index (χ2n) is 4.29. The van der Waals surface area contributed by atoms with Crippen LogP contribution in [0.4, 0.5) is 5.69 Å². The third-order valence-corrected chi connectivity index (χ3v) is 2.78. The molecule has 1 heterocycles. The molecule has 2 aromatic carbocycles. The standard InChI is InChI=1S/C9H7NO2.C7H9NO/c10-9(11)8-5-6-3-1-2-4-7(6)12-8;1-9-7-4-2-6(8)3-5-7/h1-5H,(H2,10,11);2-5H,8H2,1H3. The molecule has 0 saturated heterocycles. The second-order valence-corrected chi connectivity index (χ2v) is 4.29. The lowest BCUT2D eigenvalue weighted by Crippen LogP contribution is -2.08. The lowest BCUT2D eigenvalue weighted by Gasteiger charge is -1.97. The Morgan fingerprint density at radius 1 is 1.10 bits per heavy atom. The molecule has 0 spiro atoms. The Morgan fingerprint density at radius 2 is 1.76 bits per heavy atom. The lowest BCUT2D eigenvalue weighted by molar-refractivity contribution is 0.0976. The second kappa shape index (κ2) is 6.47. The molecular formula is C16H16N2O3. The third-order valence-electron chi connectivity index (χ3n) is 2.78. The molecule has 0 radical (unpaired) electrons. The average molecular weight is 284 g/mol. The van der Waals surface area contributed by atoms with Gasteiger partial charge in [-0.05, 0) is 36.4 Å². The molecule has 0 atom stereocenters. The number of nitrogen functional groups attached to an aromatic ring is 1. The van der Waals surface area contributed by atoms with E-state index in [9.17, 15) is 4.79 Å². The van der Waals surface area contributed by atoms with Crippen molar-refractivity contribution in [2.75, 3.05) is 12.8 Å². The van der Waals surface area contributed by atoms with Gasteiger partial charge in [0.1, 0.15) is 11.3 Å². The number of methoxy groups -OCH3 is 1. The molecule has 0 fully saturated rings. The summed E-state index contributed by atoms with van der Waals surface area (Å²) >= 11 is 0. The fourth-order valence-corrected chi connectivity index (χ4v) is 1.71. The summed E-state index contributed by atoms with van der Waals surface area (Å²) in [6, 6.07) is 16.3. The minimum atomic E-state index is -0.536. The highest BCUT2D eigenvalue weighted by Crippen LogP contribution is 2.17. The first-order chi connectivity index (χ1) is 10.1. The highest BCUT2D eigenvalue weighted by Gasteiger charge is 2.06. The maximum Gasteiger partial charge on any atom is 0.284 e. The summed E-state index contributed by atoms with van der Waals surface area (Å²) < 4.78 is 10.1. The van der Waals surface area contributed by atoms with E-state index in [1.807, 2.05) is 30.3 Å². The van der Waals surface area contributed by atoms with E-state index in [0.29, 0.717) is 5.58 Å². The average Bonchev–Trinajstić information content (AvgIpc) is 2.93. The van der Waals surface area contributed by atoms with Crippen molar-refractivity contribution >= 4 is 22.6 Å². The smallest absolute Gasteiger partial charge is 0.284 e. The minimum absolute atomic E-state index is 0.205. The van der Waals surface area contributed by atoms with Crippen molar-refractivity contribution in [1.29, 1.82) is 0 Å². The van der Waals surface area contributed by atoms with E-state index in [-0.39, 0.29) is 5.76 Å². The van der Waals surface area contributed by atoms with E-state index in [0.717, 1.165) is 16.8 Å². The molecule has 0 unspecified atom stereocenters. The highest BCUT2D eigenvalue weighted by molar-refractivity contribution is 5.94. The fraction of sp³-hybridized carbons (Fsp3) is 0.0625. The molecule has 0 aliphatic rings. The van der Waals surface area contributed by atoms with Gasteiger partial charge in [0.25, 0.3) is 5.91 Å². The van der Waals surface area contributed by atoms with Gasteiger partial charge in [0.2, 0.25) is 0 Å². The number of carbonyl (C=O) groups excluding carboxylic acids is 1. The summed E-state index contributed by atoms with van der Waals surface area (Å²) in [6.45, 7) is 0. The van der Waals surface area contributed by atoms with Gasteiger partial charge < -0.3 is 20.6 Å². The van der Waals surface area contributed by atoms with Crippen LogP contribution in [-0.4, -0.2) is 13.0 Å². The topological polar surface area (TPSA) is 91.5 Å². The highest BCUT2D eigenvalue weighted by atomic mass is 16.5. The molecule has 4 N–H and O–H groups in total. The zero-order valence-electron chi connectivity index (χ0n) is 11.6. The monoisotopic (exact) mass is 284 g/mol. The van der Waals surface area contributed by atoms with Gasteiger partial charge in [-0.15, -0.1) is 0 Å². The van der Waals surface area contributed by atoms with Gasteiger partial charge in [-0.25, -0.2) is 0 Å². The normalized spacial score (nSPS) is 9.76. The summed E-state index contributed by atoms with van der Waals surface area (Å²) in [6.07, 6.45) is 0. The van der Waals surface area contributed by atoms with Crippen LogP contribution in [0.25, 0.3) is 11.0 Å². The number of ether oxygens (including phenoxy) is 1. The van der Waals surface area contributed by atoms with Crippen LogP contribution in [-0.2, 0) is 0 Å². The number of para-hydroxylation sites is 1. The Labute approximate surface area is 122 Å². The van der Waals surface area contributed by atoms with Crippen LogP contribution < -0.4 is 16.2 Å². The number of anilines is 1. The molecule has 1 amide bonds. The number of amides is 1. The van der Waals surface area contributed by atoms with Crippen LogP contribution in [0, 0.1) is 0 Å². The van der Waals surface area contributed by atoms with Gasteiger partial charge in [0.05, 0.1) is 7.11 Å². The number of hydrogen-bond donors (Lipinski definition) is 2. The van der Waals surface area contributed by atoms with Gasteiger partial charge in [0, 0.05) is 11.1 Å². The number of furan rings is 1. The van der Waals surface area contributed by atoms with Gasteiger partial charge in [-0.2, -0.15) is 0 Å². The molecule has 0 saturated carbocycles. The largest absolute Gasteiger partial charge is 0.497 e. The predicted octanol–water partition coefficient (Wildman–Crippen LogP) is 2.81. The van der Waals surface area contributed by atoms with E-state index < -0.39 is 5.91 Å². The van der Waals surface area contributed by atoms with Crippen molar-refractivity contribution in [3.63, 3.8) is 0 Å². The Hall–Kier alpha value is -2.95. The summed E-state index contributed by atoms with van der Waals surface area (Å²) in [4.78, 5) is 10.7. The molecule has 3 rings (SSSR count). The summed E-state index contributed by atoms with van der Waals surface area (Å²) in [5.74, 6) is 0.506. The van der Waals surface area contributed by atoms with Crippen LogP contribution in [0.5, 0.6) is 5.75 Å². The first kappa shape index (κ1) is 14.5. The Balaban J connectivity index is 0.000000161. The zero-order chi connectivity index (χ0) is 15.2. The fourth-order valence-electron chi connectivity index (χ4n) is 1.71. The number of nitrogens with two attached hydrogens (primary N) is 2. The van der Waals surface area contributed by atoms with Crippen molar-refractivity contribution < 1.29 is 13.9 Å². The number of benzene rings is 2. The molecular weight excluding hydrogens is 268 g/mol. The van der Waals surface area contributed by atoms with Gasteiger partial charge in [-0.1, -0.05) is 18.2 Å². The number of carbonyl (C=O) groups is 1. The van der Waals surface area contributed by atoms with Crippen LogP contribution in [0.15, 0.2) is 59.0 Å². The molecule has 21 heavy (non-hydrogen) atoms. The SMILES string of the molecule is COc1ccc(N)cc1.NC(=O)c1cc2ccccc2o1. The Kier molecular flexibility index (Phi) is 4.46.